The smallest absolute Gasteiger partial charge is 0.410 e. The van der Waals surface area contributed by atoms with E-state index in [2.05, 4.69) is 40.5 Å². The third-order valence-corrected chi connectivity index (χ3v) is 6.48. The summed E-state index contributed by atoms with van der Waals surface area (Å²) in [5.41, 5.74) is 2.55. The van der Waals surface area contributed by atoms with Crippen LogP contribution < -0.4 is 19.5 Å². The average molecular weight is 582 g/mol. The van der Waals surface area contributed by atoms with E-state index in [1.807, 2.05) is 55.8 Å². The zero-order valence-corrected chi connectivity index (χ0v) is 25.9. The van der Waals surface area contributed by atoms with Crippen LogP contribution in [0.5, 0.6) is 17.2 Å². The molecule has 0 fully saturated rings. The van der Waals surface area contributed by atoms with Gasteiger partial charge in [0.05, 0.1) is 50.3 Å². The van der Waals surface area contributed by atoms with E-state index in [4.69, 9.17) is 18.9 Å². The topological polar surface area (TPSA) is 108 Å². The molecule has 2 heterocycles. The van der Waals surface area contributed by atoms with E-state index in [0.717, 1.165) is 23.6 Å². The lowest BCUT2D eigenvalue weighted by Gasteiger charge is -2.27. The molecule has 1 amide bonds. The van der Waals surface area contributed by atoms with Gasteiger partial charge in [0, 0.05) is 45.5 Å². The number of nitrogens with one attached hydrogen (secondary N) is 1. The van der Waals surface area contributed by atoms with Gasteiger partial charge in [0.25, 0.3) is 0 Å². The van der Waals surface area contributed by atoms with Crippen molar-refractivity contribution >= 4 is 24.3 Å². The van der Waals surface area contributed by atoms with Gasteiger partial charge in [0.15, 0.2) is 11.5 Å². The van der Waals surface area contributed by atoms with Gasteiger partial charge in [0.1, 0.15) is 17.7 Å². The zero-order valence-electron chi connectivity index (χ0n) is 25.9. The Hall–Kier alpha value is -4.45. The molecular weight excluding hydrogens is 538 g/mol. The highest BCUT2D eigenvalue weighted by Gasteiger charge is 2.21. The van der Waals surface area contributed by atoms with Gasteiger partial charge in [-0.3, -0.25) is 4.90 Å². The van der Waals surface area contributed by atoms with Crippen LogP contribution in [-0.2, 0) is 11.3 Å². The molecule has 0 spiro atoms. The summed E-state index contributed by atoms with van der Waals surface area (Å²) in [6.45, 7) is 18.2. The molecule has 0 unspecified atom stereocenters. The fourth-order valence-corrected chi connectivity index (χ4v) is 4.25. The molecule has 0 aliphatic heterocycles. The molecule has 0 saturated heterocycles. The number of anilines is 1. The Kier molecular flexibility index (Phi) is 10.6. The summed E-state index contributed by atoms with van der Waals surface area (Å²) in [5.74, 6) is 2.19. The largest absolute Gasteiger partial charge is 0.493 e. The van der Waals surface area contributed by atoms with Gasteiger partial charge in [-0.15, -0.1) is 0 Å². The molecule has 0 atom stereocenters. The van der Waals surface area contributed by atoms with Crippen molar-refractivity contribution < 1.29 is 23.7 Å². The van der Waals surface area contributed by atoms with Gasteiger partial charge in [-0.1, -0.05) is 13.5 Å². The molecule has 228 valence electrons. The van der Waals surface area contributed by atoms with E-state index in [9.17, 15) is 4.79 Å². The fraction of sp³-hybridized carbons (Fsp3) is 0.433. The van der Waals surface area contributed by atoms with Crippen molar-refractivity contribution in [3.63, 3.8) is 0 Å². The van der Waals surface area contributed by atoms with Gasteiger partial charge in [0.2, 0.25) is 5.75 Å². The van der Waals surface area contributed by atoms with Crippen LogP contribution in [0.2, 0.25) is 0 Å². The maximum absolute atomic E-state index is 12.3. The quantitative estimate of drug-likeness (QED) is 0.267. The molecule has 42 heavy (non-hydrogen) atoms. The molecule has 0 aliphatic carbocycles. The number of amides is 1. The van der Waals surface area contributed by atoms with Crippen LogP contribution in [-0.4, -0.2) is 90.5 Å². The summed E-state index contributed by atoms with van der Waals surface area (Å²) in [6, 6.07) is 7.61. The second-order valence-electron chi connectivity index (χ2n) is 10.6. The van der Waals surface area contributed by atoms with E-state index in [1.165, 1.54) is 0 Å². The highest BCUT2D eigenvalue weighted by Crippen LogP contribution is 2.39. The van der Waals surface area contributed by atoms with Crippen molar-refractivity contribution in [2.45, 2.75) is 39.8 Å². The zero-order chi connectivity index (χ0) is 31.0. The first-order valence-electron chi connectivity index (χ1n) is 13.6. The van der Waals surface area contributed by atoms with Gasteiger partial charge < -0.3 is 33.7 Å². The van der Waals surface area contributed by atoms with Crippen LogP contribution >= 0.6 is 0 Å². The van der Waals surface area contributed by atoms with Crippen LogP contribution in [0.1, 0.15) is 39.1 Å². The van der Waals surface area contributed by atoms with E-state index >= 15 is 0 Å². The second-order valence-corrected chi connectivity index (χ2v) is 10.6. The molecule has 3 rings (SSSR count). The summed E-state index contributed by atoms with van der Waals surface area (Å²) in [5, 5.41) is 7.50. The van der Waals surface area contributed by atoms with Gasteiger partial charge in [-0.2, -0.15) is 5.10 Å². The molecule has 1 N–H and O–H groups in total. The number of rotatable bonds is 14. The van der Waals surface area contributed by atoms with Crippen LogP contribution in [0.25, 0.3) is 11.4 Å². The molecule has 0 saturated carbocycles. The first-order chi connectivity index (χ1) is 19.9. The number of carbonyl (C=O) groups excluding carboxylic acids is 1. The third-order valence-electron chi connectivity index (χ3n) is 6.48. The predicted molar refractivity (Wildman–Crippen MR) is 165 cm³/mol. The van der Waals surface area contributed by atoms with Crippen molar-refractivity contribution in [2.24, 2.45) is 5.10 Å². The average Bonchev–Trinajstić information content (AvgIpc) is 3.59. The summed E-state index contributed by atoms with van der Waals surface area (Å²) in [4.78, 5) is 20.6. The molecule has 3 aromatic rings. The van der Waals surface area contributed by atoms with Crippen LogP contribution in [0, 0.1) is 0 Å². The number of hydrogen-bond acceptors (Lipinski definition) is 9. The molecule has 0 bridgehead atoms. The first-order valence-corrected chi connectivity index (χ1v) is 13.6. The summed E-state index contributed by atoms with van der Waals surface area (Å²) >= 11 is 0. The molecule has 0 aliphatic rings. The number of benzene rings is 1. The predicted octanol–water partition coefficient (Wildman–Crippen LogP) is 4.93. The minimum atomic E-state index is -0.534. The van der Waals surface area contributed by atoms with E-state index in [1.54, 1.807) is 44.3 Å². The van der Waals surface area contributed by atoms with Gasteiger partial charge in [-0.05, 0) is 39.4 Å². The molecule has 12 nitrogen and oxygen atoms in total. The minimum absolute atomic E-state index is 0.341. The first kappa shape index (κ1) is 32.1. The fourth-order valence-electron chi connectivity index (χ4n) is 4.25. The maximum Gasteiger partial charge on any atom is 0.410 e. The number of methoxy groups -OCH3 is 3. The molecular formula is C30H43N7O5. The number of ether oxygens (including phenoxy) is 4. The van der Waals surface area contributed by atoms with Crippen LogP contribution in [0.15, 0.2) is 48.5 Å². The number of nitrogens with zero attached hydrogens (tertiary/aromatic N) is 6. The van der Waals surface area contributed by atoms with E-state index in [0.29, 0.717) is 48.4 Å². The number of aromatic nitrogens is 3. The normalized spacial score (nSPS) is 11.3. The number of imidazole rings is 1. The number of likely N-dealkylation sites (N-methyl/N-ethyl adjacent to an activating group) is 2. The Bertz CT molecular complexity index is 1360. The van der Waals surface area contributed by atoms with Crippen molar-refractivity contribution in [3.8, 4) is 22.9 Å². The molecule has 2 aromatic heterocycles. The van der Waals surface area contributed by atoms with E-state index in [-0.39, 0.29) is 6.09 Å². The Morgan fingerprint density at radius 1 is 1.10 bits per heavy atom. The second kappa shape index (κ2) is 13.9. The lowest BCUT2D eigenvalue weighted by molar-refractivity contribution is 0.0282. The summed E-state index contributed by atoms with van der Waals surface area (Å²) < 4.78 is 25.4. The lowest BCUT2D eigenvalue weighted by Crippen LogP contribution is -2.39. The Balaban J connectivity index is 1.70. The summed E-state index contributed by atoms with van der Waals surface area (Å²) in [7, 11) is 6.46. The van der Waals surface area contributed by atoms with Crippen molar-refractivity contribution in [2.75, 3.05) is 53.3 Å². The number of hydrogen-bond donors (Lipinski definition) is 1. The lowest BCUT2D eigenvalue weighted by atomic mass is 10.2. The van der Waals surface area contributed by atoms with Gasteiger partial charge in [-0.25, -0.2) is 14.5 Å². The monoisotopic (exact) mass is 581 g/mol. The molecule has 1 aromatic carbocycles. The van der Waals surface area contributed by atoms with Crippen molar-refractivity contribution in [3.05, 3.63) is 54.8 Å². The summed E-state index contributed by atoms with van der Waals surface area (Å²) in [6.07, 6.45) is 3.17. The van der Waals surface area contributed by atoms with Crippen molar-refractivity contribution in [1.29, 1.82) is 0 Å². The van der Waals surface area contributed by atoms with E-state index < -0.39 is 5.60 Å². The highest BCUT2D eigenvalue weighted by atomic mass is 16.6. The molecule has 12 heteroatoms. The standard InChI is InChI=1S/C30H43N7O5/c1-11-35(15-14-34(7)29(38)42-30(3,4)5)18-22-12-13-24(37(22)31-6)21(2)33-27-19-36(20-32-27)23-16-25(39-8)28(41-10)26(17-23)40-9/h12-13,16-17,19-20,33H,2,6,11,14-15,18H2,1,3-5,7-10H3. The Morgan fingerprint density at radius 2 is 1.76 bits per heavy atom. The number of carbonyl (C=O) groups is 1. The Morgan fingerprint density at radius 3 is 2.31 bits per heavy atom. The van der Waals surface area contributed by atoms with Crippen molar-refractivity contribution in [1.82, 2.24) is 24.0 Å². The third kappa shape index (κ3) is 7.84. The SMILES string of the molecule is C=Nn1c(CN(CC)CCN(C)C(=O)OC(C)(C)C)ccc1C(=C)Nc1cn(-c2cc(OC)c(OC)c(OC)c2)cn1. The maximum atomic E-state index is 12.3. The van der Waals surface area contributed by atoms with Gasteiger partial charge >= 0.3 is 6.09 Å². The van der Waals surface area contributed by atoms with Crippen LogP contribution in [0.3, 0.4) is 0 Å². The highest BCUT2D eigenvalue weighted by molar-refractivity contribution is 5.72. The van der Waals surface area contributed by atoms with Crippen LogP contribution in [0.4, 0.5) is 10.6 Å². The molecule has 0 radical (unpaired) electrons. The Labute approximate surface area is 248 Å². The minimum Gasteiger partial charge on any atom is -0.493 e.